The second-order valence-corrected chi connectivity index (χ2v) is 8.03. The molecule has 1 saturated heterocycles. The molecule has 0 unspecified atom stereocenters. The van der Waals surface area contributed by atoms with Crippen molar-refractivity contribution in [1.82, 2.24) is 5.32 Å². The summed E-state index contributed by atoms with van der Waals surface area (Å²) in [4.78, 5) is 21.9. The molecule has 1 aliphatic rings. The van der Waals surface area contributed by atoms with E-state index in [-0.39, 0.29) is 36.7 Å². The number of sulfone groups is 1. The van der Waals surface area contributed by atoms with Gasteiger partial charge >= 0.3 is 6.18 Å². The predicted molar refractivity (Wildman–Crippen MR) is 86.4 cm³/mol. The van der Waals surface area contributed by atoms with Crippen LogP contribution in [0, 0.1) is 16.0 Å². The number of carbonyl (C=O) groups is 1. The Labute approximate surface area is 146 Å². The van der Waals surface area contributed by atoms with Crippen molar-refractivity contribution in [2.75, 3.05) is 29.9 Å². The Bertz CT molecular complexity index is 811. The molecule has 0 radical (unpaired) electrons. The summed E-state index contributed by atoms with van der Waals surface area (Å²) < 4.78 is 60.5. The van der Waals surface area contributed by atoms with E-state index in [2.05, 4.69) is 10.6 Å². The van der Waals surface area contributed by atoms with E-state index < -0.39 is 44.0 Å². The number of nitrogens with zero attached hydrogens (tertiary/aromatic N) is 1. The number of carbonyl (C=O) groups excluding carboxylic acids is 1. The molecule has 26 heavy (non-hydrogen) atoms. The first-order chi connectivity index (χ1) is 12.0. The average molecular weight is 395 g/mol. The highest BCUT2D eigenvalue weighted by atomic mass is 32.2. The van der Waals surface area contributed by atoms with Gasteiger partial charge in [0.1, 0.15) is 5.69 Å². The highest BCUT2D eigenvalue weighted by Gasteiger charge is 2.33. The molecule has 1 fully saturated rings. The van der Waals surface area contributed by atoms with Crippen LogP contribution >= 0.6 is 0 Å². The summed E-state index contributed by atoms with van der Waals surface area (Å²) in [5.74, 6) is -1.31. The predicted octanol–water partition coefficient (Wildman–Crippen LogP) is 1.58. The highest BCUT2D eigenvalue weighted by molar-refractivity contribution is 7.91. The number of benzene rings is 1. The number of alkyl halides is 3. The summed E-state index contributed by atoms with van der Waals surface area (Å²) in [7, 11) is -3.19. The first-order valence-electron chi connectivity index (χ1n) is 7.57. The lowest BCUT2D eigenvalue weighted by atomic mass is 10.1. The van der Waals surface area contributed by atoms with Crippen LogP contribution < -0.4 is 10.6 Å². The number of amides is 1. The molecule has 1 atom stereocenters. The Hall–Kier alpha value is -2.37. The van der Waals surface area contributed by atoms with E-state index in [1.807, 2.05) is 0 Å². The fourth-order valence-electron chi connectivity index (χ4n) is 2.54. The van der Waals surface area contributed by atoms with Gasteiger partial charge in [0.25, 0.3) is 5.69 Å². The van der Waals surface area contributed by atoms with Crippen molar-refractivity contribution in [2.24, 2.45) is 5.92 Å². The fourth-order valence-corrected chi connectivity index (χ4v) is 4.28. The van der Waals surface area contributed by atoms with Gasteiger partial charge in [0.05, 0.1) is 27.9 Å². The number of hydrogen-bond acceptors (Lipinski definition) is 6. The lowest BCUT2D eigenvalue weighted by molar-refractivity contribution is -0.384. The van der Waals surface area contributed by atoms with E-state index in [0.29, 0.717) is 6.07 Å². The van der Waals surface area contributed by atoms with Crippen molar-refractivity contribution < 1.29 is 31.3 Å². The SMILES string of the molecule is O=C(NCCNc1ccc(C(F)(F)F)cc1[N+](=O)[O-])[C@H]1CCS(=O)(=O)C1. The average Bonchev–Trinajstić information content (AvgIpc) is 2.90. The molecule has 1 aromatic carbocycles. The van der Waals surface area contributed by atoms with Gasteiger partial charge in [0, 0.05) is 19.2 Å². The largest absolute Gasteiger partial charge is 0.416 e. The number of nitrogens with one attached hydrogen (secondary N) is 2. The fraction of sp³-hybridized carbons (Fsp3) is 0.500. The Balaban J connectivity index is 1.91. The molecule has 1 amide bonds. The van der Waals surface area contributed by atoms with Crippen molar-refractivity contribution in [3.63, 3.8) is 0 Å². The normalized spacial score (nSPS) is 19.1. The second-order valence-electron chi connectivity index (χ2n) is 5.80. The lowest BCUT2D eigenvalue weighted by Crippen LogP contribution is -2.34. The molecule has 0 aromatic heterocycles. The molecule has 0 aliphatic carbocycles. The molecule has 1 aliphatic heterocycles. The molecule has 0 saturated carbocycles. The summed E-state index contributed by atoms with van der Waals surface area (Å²) in [6, 6.07) is 2.11. The zero-order valence-corrected chi connectivity index (χ0v) is 14.2. The van der Waals surface area contributed by atoms with Crippen LogP contribution in [0.15, 0.2) is 18.2 Å². The smallest absolute Gasteiger partial charge is 0.378 e. The van der Waals surface area contributed by atoms with Gasteiger partial charge in [-0.2, -0.15) is 13.2 Å². The van der Waals surface area contributed by atoms with E-state index in [9.17, 15) is 36.5 Å². The lowest BCUT2D eigenvalue weighted by Gasteiger charge is -2.12. The Morgan fingerprint density at radius 2 is 2.00 bits per heavy atom. The quantitative estimate of drug-likeness (QED) is 0.429. The standard InChI is InChI=1S/C14H16F3N3O5S/c15-14(16,17)10-1-2-11(12(7-10)20(22)23)18-4-5-19-13(21)9-3-6-26(24,25)8-9/h1-2,7,9,18H,3-6,8H2,(H,19,21)/t9-/m0/s1. The Kier molecular flexibility index (Phi) is 5.74. The Morgan fingerprint density at radius 1 is 1.31 bits per heavy atom. The zero-order chi connectivity index (χ0) is 19.5. The van der Waals surface area contributed by atoms with Crippen molar-refractivity contribution in [2.45, 2.75) is 12.6 Å². The first kappa shape index (κ1) is 19.9. The van der Waals surface area contributed by atoms with Gasteiger partial charge in [0.2, 0.25) is 5.91 Å². The van der Waals surface area contributed by atoms with E-state index in [1.165, 1.54) is 0 Å². The van der Waals surface area contributed by atoms with Crippen molar-refractivity contribution in [3.05, 3.63) is 33.9 Å². The second kappa shape index (κ2) is 7.48. The van der Waals surface area contributed by atoms with E-state index in [4.69, 9.17) is 0 Å². The maximum Gasteiger partial charge on any atom is 0.416 e. The number of anilines is 1. The molecule has 8 nitrogen and oxygen atoms in total. The van der Waals surface area contributed by atoms with Crippen molar-refractivity contribution in [1.29, 1.82) is 0 Å². The molecule has 0 bridgehead atoms. The zero-order valence-electron chi connectivity index (χ0n) is 13.4. The van der Waals surface area contributed by atoms with Crippen LogP contribution in [0.2, 0.25) is 0 Å². The van der Waals surface area contributed by atoms with Gasteiger partial charge in [-0.05, 0) is 18.6 Å². The van der Waals surface area contributed by atoms with Crippen LogP contribution in [-0.2, 0) is 20.8 Å². The number of nitro benzene ring substituents is 1. The minimum absolute atomic E-state index is 0.0252. The van der Waals surface area contributed by atoms with Gasteiger partial charge in [-0.15, -0.1) is 0 Å². The first-order valence-corrected chi connectivity index (χ1v) is 9.39. The summed E-state index contributed by atoms with van der Waals surface area (Å²) in [6.07, 6.45) is -4.45. The van der Waals surface area contributed by atoms with E-state index in [1.54, 1.807) is 0 Å². The molecule has 0 spiro atoms. The monoisotopic (exact) mass is 395 g/mol. The van der Waals surface area contributed by atoms with Crippen LogP contribution in [0.1, 0.15) is 12.0 Å². The molecular formula is C14H16F3N3O5S. The number of nitro groups is 1. The van der Waals surface area contributed by atoms with Crippen LogP contribution in [0.3, 0.4) is 0 Å². The summed E-state index contributed by atoms with van der Waals surface area (Å²) >= 11 is 0. The molecule has 2 rings (SSSR count). The van der Waals surface area contributed by atoms with Crippen molar-refractivity contribution >= 4 is 27.1 Å². The van der Waals surface area contributed by atoms with Crippen molar-refractivity contribution in [3.8, 4) is 0 Å². The van der Waals surface area contributed by atoms with Gasteiger partial charge in [-0.3, -0.25) is 14.9 Å². The van der Waals surface area contributed by atoms with Gasteiger partial charge in [0.15, 0.2) is 9.84 Å². The summed E-state index contributed by atoms with van der Waals surface area (Å²) in [6.45, 7) is 0.0605. The van der Waals surface area contributed by atoms with Gasteiger partial charge in [-0.1, -0.05) is 0 Å². The van der Waals surface area contributed by atoms with Gasteiger partial charge < -0.3 is 10.6 Å². The number of halogens is 3. The van der Waals surface area contributed by atoms with Crippen LogP contribution in [0.5, 0.6) is 0 Å². The van der Waals surface area contributed by atoms with E-state index >= 15 is 0 Å². The molecule has 2 N–H and O–H groups in total. The molecule has 1 heterocycles. The molecular weight excluding hydrogens is 379 g/mol. The number of hydrogen-bond donors (Lipinski definition) is 2. The highest BCUT2D eigenvalue weighted by Crippen LogP contribution is 2.34. The minimum atomic E-state index is -4.70. The third kappa shape index (κ3) is 5.07. The Morgan fingerprint density at radius 3 is 2.54 bits per heavy atom. The molecule has 144 valence electrons. The molecule has 12 heteroatoms. The minimum Gasteiger partial charge on any atom is -0.378 e. The van der Waals surface area contributed by atoms with Crippen LogP contribution in [-0.4, -0.2) is 43.8 Å². The maximum atomic E-state index is 12.6. The van der Waals surface area contributed by atoms with Crippen LogP contribution in [0.25, 0.3) is 0 Å². The van der Waals surface area contributed by atoms with Crippen LogP contribution in [0.4, 0.5) is 24.5 Å². The molecule has 1 aromatic rings. The maximum absolute atomic E-state index is 12.6. The third-order valence-corrected chi connectivity index (χ3v) is 5.63. The van der Waals surface area contributed by atoms with Gasteiger partial charge in [-0.25, -0.2) is 8.42 Å². The third-order valence-electron chi connectivity index (χ3n) is 3.86. The van der Waals surface area contributed by atoms with E-state index in [0.717, 1.165) is 12.1 Å². The topological polar surface area (TPSA) is 118 Å². The summed E-state index contributed by atoms with van der Waals surface area (Å²) in [5.41, 5.74) is -1.97. The summed E-state index contributed by atoms with van der Waals surface area (Å²) in [5, 5.41) is 16.0. The number of rotatable bonds is 6.